The van der Waals surface area contributed by atoms with Gasteiger partial charge in [0, 0.05) is 24.1 Å². The Kier molecular flexibility index (Phi) is 4.45. The fourth-order valence-electron chi connectivity index (χ4n) is 2.58. The molecule has 0 bridgehead atoms. The van der Waals surface area contributed by atoms with Crippen molar-refractivity contribution in [2.75, 3.05) is 19.8 Å². The molecular formula is C16H18ClN3O2. The second-order valence-electron chi connectivity index (χ2n) is 5.47. The maximum Gasteiger partial charge on any atom is 0.254 e. The lowest BCUT2D eigenvalue weighted by Gasteiger charge is -2.09. The highest BCUT2D eigenvalue weighted by atomic mass is 35.5. The zero-order valence-corrected chi connectivity index (χ0v) is 13.1. The summed E-state index contributed by atoms with van der Waals surface area (Å²) < 4.78 is 7.03. The first kappa shape index (κ1) is 15.1. The molecule has 1 atom stereocenters. The second kappa shape index (κ2) is 6.50. The molecule has 1 aromatic carbocycles. The fourth-order valence-corrected chi connectivity index (χ4v) is 2.76. The minimum Gasteiger partial charge on any atom is -0.381 e. The summed E-state index contributed by atoms with van der Waals surface area (Å²) in [7, 11) is 0. The van der Waals surface area contributed by atoms with Crippen LogP contribution in [0.3, 0.4) is 0 Å². The maximum atomic E-state index is 12.3. The molecule has 0 radical (unpaired) electrons. The van der Waals surface area contributed by atoms with Gasteiger partial charge in [0.15, 0.2) is 0 Å². The lowest BCUT2D eigenvalue weighted by Crippen LogP contribution is -2.29. The second-order valence-corrected chi connectivity index (χ2v) is 5.91. The number of hydrogen-bond acceptors (Lipinski definition) is 3. The summed E-state index contributed by atoms with van der Waals surface area (Å²) >= 11 is 6.01. The molecule has 2 heterocycles. The summed E-state index contributed by atoms with van der Waals surface area (Å²) in [4.78, 5) is 12.3. The van der Waals surface area contributed by atoms with Gasteiger partial charge in [-0.1, -0.05) is 17.7 Å². The predicted octanol–water partition coefficient (Wildman–Crippen LogP) is 2.60. The first-order valence-corrected chi connectivity index (χ1v) is 7.69. The Labute approximate surface area is 134 Å². The molecule has 1 aromatic heterocycles. The third-order valence-electron chi connectivity index (χ3n) is 3.88. The summed E-state index contributed by atoms with van der Waals surface area (Å²) in [6.07, 6.45) is 2.59. The van der Waals surface area contributed by atoms with Crippen LogP contribution in [0.15, 0.2) is 30.5 Å². The molecule has 1 N–H and O–H groups in total. The Hall–Kier alpha value is -1.85. The number of aromatic nitrogens is 2. The molecule has 1 aliphatic rings. The quantitative estimate of drug-likeness (QED) is 0.942. The number of nitrogens with one attached hydrogen (secondary N) is 1. The van der Waals surface area contributed by atoms with Gasteiger partial charge in [0.25, 0.3) is 5.91 Å². The fraction of sp³-hybridized carbons (Fsp3) is 0.375. The number of nitrogens with zero attached hydrogens (tertiary/aromatic N) is 2. The van der Waals surface area contributed by atoms with Crippen molar-refractivity contribution in [3.63, 3.8) is 0 Å². The van der Waals surface area contributed by atoms with Crippen LogP contribution in [-0.2, 0) is 4.74 Å². The van der Waals surface area contributed by atoms with Crippen molar-refractivity contribution in [2.24, 2.45) is 5.92 Å². The molecule has 0 spiro atoms. The summed E-state index contributed by atoms with van der Waals surface area (Å²) in [5.74, 6) is 0.310. The topological polar surface area (TPSA) is 56.1 Å². The van der Waals surface area contributed by atoms with E-state index < -0.39 is 0 Å². The molecule has 6 heteroatoms. The van der Waals surface area contributed by atoms with Gasteiger partial charge >= 0.3 is 0 Å². The van der Waals surface area contributed by atoms with Gasteiger partial charge in [-0.15, -0.1) is 0 Å². The van der Waals surface area contributed by atoms with Crippen LogP contribution in [0.5, 0.6) is 0 Å². The number of ether oxygens (including phenoxy) is 1. The van der Waals surface area contributed by atoms with Gasteiger partial charge in [-0.05, 0) is 31.5 Å². The first-order valence-electron chi connectivity index (χ1n) is 7.31. The summed E-state index contributed by atoms with van der Waals surface area (Å²) in [6.45, 7) is 4.02. The van der Waals surface area contributed by atoms with Crippen molar-refractivity contribution < 1.29 is 9.53 Å². The number of benzene rings is 1. The minimum absolute atomic E-state index is 0.0994. The van der Waals surface area contributed by atoms with Gasteiger partial charge < -0.3 is 10.1 Å². The maximum absolute atomic E-state index is 12.3. The molecule has 5 nitrogen and oxygen atoms in total. The lowest BCUT2D eigenvalue weighted by molar-refractivity contribution is 0.0944. The number of carbonyl (C=O) groups is 1. The van der Waals surface area contributed by atoms with Gasteiger partial charge in [-0.2, -0.15) is 5.10 Å². The van der Waals surface area contributed by atoms with E-state index in [4.69, 9.17) is 16.3 Å². The molecule has 0 aliphatic carbocycles. The summed E-state index contributed by atoms with van der Waals surface area (Å²) in [5.41, 5.74) is 2.22. The highest BCUT2D eigenvalue weighted by Gasteiger charge is 2.19. The van der Waals surface area contributed by atoms with E-state index in [0.717, 1.165) is 31.0 Å². The van der Waals surface area contributed by atoms with Crippen molar-refractivity contribution in [3.05, 3.63) is 46.7 Å². The van der Waals surface area contributed by atoms with Gasteiger partial charge in [0.05, 0.1) is 29.7 Å². The molecule has 3 rings (SSSR count). The molecule has 1 fully saturated rings. The number of hydrogen-bond donors (Lipinski definition) is 1. The van der Waals surface area contributed by atoms with Gasteiger partial charge in [-0.25, -0.2) is 4.68 Å². The zero-order chi connectivity index (χ0) is 15.5. The van der Waals surface area contributed by atoms with Crippen LogP contribution in [-0.4, -0.2) is 35.4 Å². The van der Waals surface area contributed by atoms with Crippen molar-refractivity contribution in [3.8, 4) is 5.69 Å². The molecular weight excluding hydrogens is 302 g/mol. The highest BCUT2D eigenvalue weighted by Crippen LogP contribution is 2.18. The summed E-state index contributed by atoms with van der Waals surface area (Å²) in [6, 6.07) is 7.39. The monoisotopic (exact) mass is 319 g/mol. The molecule has 1 saturated heterocycles. The smallest absolute Gasteiger partial charge is 0.254 e. The Morgan fingerprint density at radius 1 is 1.55 bits per heavy atom. The van der Waals surface area contributed by atoms with Crippen LogP contribution in [0.1, 0.15) is 22.5 Å². The number of carbonyl (C=O) groups excluding carboxylic acids is 1. The van der Waals surface area contributed by atoms with E-state index in [1.54, 1.807) is 16.9 Å². The highest BCUT2D eigenvalue weighted by molar-refractivity contribution is 6.30. The van der Waals surface area contributed by atoms with Crippen molar-refractivity contribution in [1.29, 1.82) is 0 Å². The van der Waals surface area contributed by atoms with E-state index in [1.807, 2.05) is 25.1 Å². The third-order valence-corrected chi connectivity index (χ3v) is 4.12. The van der Waals surface area contributed by atoms with Gasteiger partial charge in [0.1, 0.15) is 0 Å². The van der Waals surface area contributed by atoms with E-state index in [1.165, 1.54) is 0 Å². The van der Waals surface area contributed by atoms with E-state index in [9.17, 15) is 4.79 Å². The van der Waals surface area contributed by atoms with E-state index in [-0.39, 0.29) is 5.91 Å². The number of halogens is 1. The van der Waals surface area contributed by atoms with E-state index in [2.05, 4.69) is 10.4 Å². The lowest BCUT2D eigenvalue weighted by atomic mass is 10.1. The molecule has 116 valence electrons. The third kappa shape index (κ3) is 3.15. The molecule has 0 saturated carbocycles. The Balaban J connectivity index is 1.73. The van der Waals surface area contributed by atoms with Crippen LogP contribution in [0.2, 0.25) is 5.02 Å². The average molecular weight is 320 g/mol. The van der Waals surface area contributed by atoms with Crippen LogP contribution in [0.4, 0.5) is 0 Å². The molecule has 1 aliphatic heterocycles. The SMILES string of the molecule is Cc1c(C(=O)NC[C@H]2CCOC2)cnn1-c1cccc(Cl)c1. The minimum atomic E-state index is -0.0994. The van der Waals surface area contributed by atoms with E-state index in [0.29, 0.717) is 23.0 Å². The van der Waals surface area contributed by atoms with Crippen molar-refractivity contribution in [1.82, 2.24) is 15.1 Å². The zero-order valence-electron chi connectivity index (χ0n) is 12.4. The predicted molar refractivity (Wildman–Crippen MR) is 84.6 cm³/mol. The molecule has 22 heavy (non-hydrogen) atoms. The first-order chi connectivity index (χ1) is 10.6. The number of amides is 1. The molecule has 0 unspecified atom stereocenters. The van der Waals surface area contributed by atoms with Crippen LogP contribution < -0.4 is 5.32 Å². The van der Waals surface area contributed by atoms with E-state index >= 15 is 0 Å². The van der Waals surface area contributed by atoms with Crippen LogP contribution in [0, 0.1) is 12.8 Å². The number of rotatable bonds is 4. The van der Waals surface area contributed by atoms with Gasteiger partial charge in [-0.3, -0.25) is 4.79 Å². The average Bonchev–Trinajstić information content (AvgIpc) is 3.14. The Bertz CT molecular complexity index is 678. The largest absolute Gasteiger partial charge is 0.381 e. The summed E-state index contributed by atoms with van der Waals surface area (Å²) in [5, 5.41) is 7.90. The molecule has 1 amide bonds. The molecule has 2 aromatic rings. The van der Waals surface area contributed by atoms with Crippen LogP contribution >= 0.6 is 11.6 Å². The normalized spacial score (nSPS) is 17.6. The standard InChI is InChI=1S/C16H18ClN3O2/c1-11-15(16(21)18-8-12-5-6-22-10-12)9-19-20(11)14-4-2-3-13(17)7-14/h2-4,7,9,12H,5-6,8,10H2,1H3,(H,18,21)/t12-/m1/s1. The van der Waals surface area contributed by atoms with Gasteiger partial charge in [0.2, 0.25) is 0 Å². The van der Waals surface area contributed by atoms with Crippen molar-refractivity contribution in [2.45, 2.75) is 13.3 Å². The Morgan fingerprint density at radius 2 is 2.41 bits per heavy atom. The Morgan fingerprint density at radius 3 is 3.14 bits per heavy atom. The van der Waals surface area contributed by atoms with Crippen molar-refractivity contribution >= 4 is 17.5 Å². The van der Waals surface area contributed by atoms with Crippen LogP contribution in [0.25, 0.3) is 5.69 Å².